The van der Waals surface area contributed by atoms with Crippen LogP contribution in [0.4, 0.5) is 10.1 Å². The average Bonchev–Trinajstić information content (AvgIpc) is 3.13. The van der Waals surface area contributed by atoms with Gasteiger partial charge in [-0.15, -0.1) is 10.2 Å². The molecule has 1 aromatic heterocycles. The van der Waals surface area contributed by atoms with Crippen LogP contribution in [-0.2, 0) is 16.6 Å². The molecule has 0 atom stereocenters. The molecule has 0 saturated carbocycles. The highest BCUT2D eigenvalue weighted by Crippen LogP contribution is 2.19. The van der Waals surface area contributed by atoms with Crippen molar-refractivity contribution in [2.24, 2.45) is 0 Å². The third kappa shape index (κ3) is 4.58. The van der Waals surface area contributed by atoms with Gasteiger partial charge < -0.3 is 5.32 Å². The number of para-hydroxylation sites is 1. The number of aryl methyl sites for hydroxylation is 2. The van der Waals surface area contributed by atoms with Gasteiger partial charge in [0, 0.05) is 0 Å². The number of nitrogens with one attached hydrogen (secondary N) is 2. The first-order valence-electron chi connectivity index (χ1n) is 8.21. The predicted molar refractivity (Wildman–Crippen MR) is 104 cm³/mol. The summed E-state index contributed by atoms with van der Waals surface area (Å²) in [7, 11) is -3.74. The Balaban J connectivity index is 1.68. The zero-order chi connectivity index (χ0) is 20.3. The third-order valence-corrected chi connectivity index (χ3v) is 6.29. The summed E-state index contributed by atoms with van der Waals surface area (Å²) in [5.41, 5.74) is 1.48. The van der Waals surface area contributed by atoms with E-state index in [-0.39, 0.29) is 22.1 Å². The van der Waals surface area contributed by atoms with Gasteiger partial charge in [-0.05, 0) is 43.2 Å². The zero-order valence-corrected chi connectivity index (χ0v) is 16.7. The molecule has 0 bridgehead atoms. The molecule has 28 heavy (non-hydrogen) atoms. The molecule has 0 spiro atoms. The maximum absolute atomic E-state index is 13.6. The SMILES string of the molecule is Cc1ccc(C)c(S(=O)(=O)NCc2nnc(C(=O)Nc3ccccc3F)s2)c1. The van der Waals surface area contributed by atoms with Crippen molar-refractivity contribution in [3.8, 4) is 0 Å². The highest BCUT2D eigenvalue weighted by Gasteiger charge is 2.19. The van der Waals surface area contributed by atoms with E-state index in [1.165, 1.54) is 18.2 Å². The third-order valence-electron chi connectivity index (χ3n) is 3.83. The number of benzene rings is 2. The van der Waals surface area contributed by atoms with E-state index < -0.39 is 21.7 Å². The molecule has 0 aliphatic carbocycles. The number of aromatic nitrogens is 2. The molecule has 1 heterocycles. The molecule has 3 aromatic rings. The highest BCUT2D eigenvalue weighted by atomic mass is 32.2. The normalized spacial score (nSPS) is 11.4. The quantitative estimate of drug-likeness (QED) is 0.638. The van der Waals surface area contributed by atoms with E-state index in [0.29, 0.717) is 10.6 Å². The van der Waals surface area contributed by atoms with Gasteiger partial charge in [0.15, 0.2) is 0 Å². The maximum Gasteiger partial charge on any atom is 0.286 e. The van der Waals surface area contributed by atoms with Gasteiger partial charge in [0.25, 0.3) is 5.91 Å². The van der Waals surface area contributed by atoms with Crippen LogP contribution in [0.15, 0.2) is 47.4 Å². The number of nitrogens with zero attached hydrogens (tertiary/aromatic N) is 2. The standard InChI is InChI=1S/C18H17FN4O3S2/c1-11-7-8-12(2)15(9-11)28(25,26)20-10-16-22-23-18(27-16)17(24)21-14-6-4-3-5-13(14)19/h3-9,20H,10H2,1-2H3,(H,21,24). The van der Waals surface area contributed by atoms with Crippen molar-refractivity contribution in [2.45, 2.75) is 25.3 Å². The van der Waals surface area contributed by atoms with Crippen LogP contribution in [0.3, 0.4) is 0 Å². The maximum atomic E-state index is 13.6. The zero-order valence-electron chi connectivity index (χ0n) is 15.1. The van der Waals surface area contributed by atoms with Crippen LogP contribution in [-0.4, -0.2) is 24.5 Å². The molecule has 7 nitrogen and oxygen atoms in total. The van der Waals surface area contributed by atoms with Crippen molar-refractivity contribution in [3.63, 3.8) is 0 Å². The van der Waals surface area contributed by atoms with Crippen LogP contribution >= 0.6 is 11.3 Å². The average molecular weight is 420 g/mol. The summed E-state index contributed by atoms with van der Waals surface area (Å²) in [6.45, 7) is 3.41. The summed E-state index contributed by atoms with van der Waals surface area (Å²) in [4.78, 5) is 12.4. The van der Waals surface area contributed by atoms with Crippen molar-refractivity contribution in [1.82, 2.24) is 14.9 Å². The second kappa shape index (κ2) is 8.13. The number of amides is 1. The molecule has 146 valence electrons. The van der Waals surface area contributed by atoms with Gasteiger partial charge in [-0.3, -0.25) is 4.79 Å². The lowest BCUT2D eigenvalue weighted by Crippen LogP contribution is -2.24. The van der Waals surface area contributed by atoms with Gasteiger partial charge in [-0.25, -0.2) is 17.5 Å². The number of carbonyl (C=O) groups excluding carboxylic acids is 1. The molecule has 0 unspecified atom stereocenters. The van der Waals surface area contributed by atoms with Gasteiger partial charge in [0.1, 0.15) is 10.8 Å². The molecule has 3 rings (SSSR count). The summed E-state index contributed by atoms with van der Waals surface area (Å²) in [6.07, 6.45) is 0. The van der Waals surface area contributed by atoms with E-state index in [9.17, 15) is 17.6 Å². The van der Waals surface area contributed by atoms with Gasteiger partial charge in [0.05, 0.1) is 17.1 Å². The molecule has 0 aliphatic heterocycles. The number of hydrogen-bond donors (Lipinski definition) is 2. The Bertz CT molecular complexity index is 1130. The number of sulfonamides is 1. The first-order chi connectivity index (χ1) is 13.3. The Morgan fingerprint density at radius 2 is 1.89 bits per heavy atom. The molecule has 0 fully saturated rings. The monoisotopic (exact) mass is 420 g/mol. The molecule has 2 N–H and O–H groups in total. The first-order valence-corrected chi connectivity index (χ1v) is 10.5. The summed E-state index contributed by atoms with van der Waals surface area (Å²) < 4.78 is 41.1. The van der Waals surface area contributed by atoms with E-state index in [2.05, 4.69) is 20.2 Å². The lowest BCUT2D eigenvalue weighted by molar-refractivity contribution is 0.102. The van der Waals surface area contributed by atoms with E-state index in [1.54, 1.807) is 25.1 Å². The van der Waals surface area contributed by atoms with Crippen LogP contribution in [0.25, 0.3) is 0 Å². The van der Waals surface area contributed by atoms with Crippen LogP contribution in [0.5, 0.6) is 0 Å². The minimum Gasteiger partial charge on any atom is -0.317 e. The number of rotatable bonds is 6. The van der Waals surface area contributed by atoms with Crippen molar-refractivity contribution in [1.29, 1.82) is 0 Å². The number of anilines is 1. The molecule has 10 heteroatoms. The van der Waals surface area contributed by atoms with E-state index in [0.717, 1.165) is 16.9 Å². The van der Waals surface area contributed by atoms with Crippen LogP contribution in [0, 0.1) is 19.7 Å². The second-order valence-corrected chi connectivity index (χ2v) is 8.83. The van der Waals surface area contributed by atoms with Crippen molar-refractivity contribution in [2.75, 3.05) is 5.32 Å². The summed E-state index contributed by atoms with van der Waals surface area (Å²) in [6, 6.07) is 10.9. The molecule has 1 amide bonds. The number of hydrogen-bond acceptors (Lipinski definition) is 6. The smallest absolute Gasteiger partial charge is 0.286 e. The fraction of sp³-hybridized carbons (Fsp3) is 0.167. The minimum atomic E-state index is -3.74. The molecule has 2 aromatic carbocycles. The Labute approximate surface area is 165 Å². The minimum absolute atomic E-state index is 0.00388. The van der Waals surface area contributed by atoms with Crippen molar-refractivity contribution >= 4 is 33.0 Å². The fourth-order valence-electron chi connectivity index (χ4n) is 2.39. The first kappa shape index (κ1) is 20.1. The largest absolute Gasteiger partial charge is 0.317 e. The molecular weight excluding hydrogens is 403 g/mol. The highest BCUT2D eigenvalue weighted by molar-refractivity contribution is 7.89. The fourth-order valence-corrected chi connectivity index (χ4v) is 4.47. The lowest BCUT2D eigenvalue weighted by Gasteiger charge is -2.09. The molecule has 0 saturated heterocycles. The van der Waals surface area contributed by atoms with E-state index in [1.807, 2.05) is 13.0 Å². The van der Waals surface area contributed by atoms with Gasteiger partial charge in [-0.1, -0.05) is 35.6 Å². The predicted octanol–water partition coefficient (Wildman–Crippen LogP) is 3.02. The Morgan fingerprint density at radius 3 is 2.64 bits per heavy atom. The molecule has 0 aliphatic rings. The molecular formula is C18H17FN4O3S2. The van der Waals surface area contributed by atoms with Gasteiger partial charge in [0.2, 0.25) is 15.0 Å². The Morgan fingerprint density at radius 1 is 1.14 bits per heavy atom. The van der Waals surface area contributed by atoms with Crippen molar-refractivity contribution in [3.05, 3.63) is 69.4 Å². The summed E-state index contributed by atoms with van der Waals surface area (Å²) >= 11 is 0.926. The van der Waals surface area contributed by atoms with Gasteiger partial charge >= 0.3 is 0 Å². The topological polar surface area (TPSA) is 101 Å². The van der Waals surface area contributed by atoms with Gasteiger partial charge in [-0.2, -0.15) is 0 Å². The van der Waals surface area contributed by atoms with Crippen LogP contribution < -0.4 is 10.0 Å². The van der Waals surface area contributed by atoms with E-state index >= 15 is 0 Å². The van der Waals surface area contributed by atoms with Crippen LogP contribution in [0.1, 0.15) is 25.9 Å². The van der Waals surface area contributed by atoms with Crippen molar-refractivity contribution < 1.29 is 17.6 Å². The Hall–Kier alpha value is -2.69. The number of halogens is 1. The summed E-state index contributed by atoms with van der Waals surface area (Å²) in [5, 5.41) is 10.3. The second-order valence-electron chi connectivity index (χ2n) is 6.03. The summed E-state index contributed by atoms with van der Waals surface area (Å²) in [5.74, 6) is -1.19. The lowest BCUT2D eigenvalue weighted by atomic mass is 10.2. The Kier molecular flexibility index (Phi) is 5.82. The molecule has 0 radical (unpaired) electrons. The van der Waals surface area contributed by atoms with E-state index in [4.69, 9.17) is 0 Å². The van der Waals surface area contributed by atoms with Crippen LogP contribution in [0.2, 0.25) is 0 Å². The number of carbonyl (C=O) groups is 1.